The van der Waals surface area contributed by atoms with Crippen LogP contribution in [0, 0.1) is 13.8 Å². The summed E-state index contributed by atoms with van der Waals surface area (Å²) in [6.45, 7) is 4.03. The summed E-state index contributed by atoms with van der Waals surface area (Å²) in [5.74, 6) is -0.566. The van der Waals surface area contributed by atoms with Crippen molar-refractivity contribution in [3.05, 3.63) is 65.2 Å². The molecule has 0 bridgehead atoms. The van der Waals surface area contributed by atoms with E-state index in [1.807, 2.05) is 62.4 Å². The standard InChI is InChI=1S/C17H22NO3P/c1-13-10-11-14(2)16(12-13)18-17(22(19,20-3)21-4)15-8-6-5-7-9-15/h5-12,17-18H,1-4H3/t17-/m1/s1. The van der Waals surface area contributed by atoms with Crippen LogP contribution in [0.25, 0.3) is 0 Å². The fourth-order valence-corrected chi connectivity index (χ4v) is 3.71. The highest BCUT2D eigenvalue weighted by Gasteiger charge is 2.35. The summed E-state index contributed by atoms with van der Waals surface area (Å²) >= 11 is 0. The first kappa shape index (κ1) is 16.8. The van der Waals surface area contributed by atoms with E-state index in [-0.39, 0.29) is 0 Å². The lowest BCUT2D eigenvalue weighted by atomic mass is 10.1. The maximum absolute atomic E-state index is 12.9. The summed E-state index contributed by atoms with van der Waals surface area (Å²) < 4.78 is 23.4. The highest BCUT2D eigenvalue weighted by molar-refractivity contribution is 7.54. The molecule has 0 aliphatic rings. The Labute approximate surface area is 132 Å². The molecule has 0 aliphatic carbocycles. The fourth-order valence-electron chi connectivity index (χ4n) is 2.30. The molecular weight excluding hydrogens is 297 g/mol. The van der Waals surface area contributed by atoms with Gasteiger partial charge in [0.15, 0.2) is 5.78 Å². The highest BCUT2D eigenvalue weighted by Crippen LogP contribution is 2.59. The molecule has 1 atom stereocenters. The molecule has 1 N–H and O–H groups in total. The van der Waals surface area contributed by atoms with Crippen LogP contribution in [0.5, 0.6) is 0 Å². The number of hydrogen-bond donors (Lipinski definition) is 1. The van der Waals surface area contributed by atoms with Crippen LogP contribution in [0.3, 0.4) is 0 Å². The molecule has 0 saturated carbocycles. The zero-order chi connectivity index (χ0) is 16.2. The average molecular weight is 319 g/mol. The Bertz CT molecular complexity index is 665. The predicted octanol–water partition coefficient (Wildman–Crippen LogP) is 4.90. The van der Waals surface area contributed by atoms with Gasteiger partial charge in [-0.05, 0) is 36.6 Å². The molecule has 0 fully saturated rings. The molecular formula is C17H22NO3P. The first-order chi connectivity index (χ1) is 10.5. The van der Waals surface area contributed by atoms with Crippen molar-refractivity contribution in [2.75, 3.05) is 19.5 Å². The van der Waals surface area contributed by atoms with Gasteiger partial charge in [0.25, 0.3) is 0 Å². The minimum atomic E-state index is -3.32. The van der Waals surface area contributed by atoms with E-state index in [9.17, 15) is 4.57 Å². The molecule has 0 spiro atoms. The van der Waals surface area contributed by atoms with Gasteiger partial charge in [0.05, 0.1) is 0 Å². The summed E-state index contributed by atoms with van der Waals surface area (Å²) in [5.41, 5.74) is 3.98. The smallest absolute Gasteiger partial charge is 0.356 e. The van der Waals surface area contributed by atoms with E-state index in [2.05, 4.69) is 5.32 Å². The maximum Gasteiger partial charge on any atom is 0.356 e. The van der Waals surface area contributed by atoms with Crippen LogP contribution in [0.4, 0.5) is 5.69 Å². The van der Waals surface area contributed by atoms with Crippen molar-refractivity contribution in [1.29, 1.82) is 0 Å². The molecule has 4 nitrogen and oxygen atoms in total. The van der Waals surface area contributed by atoms with Gasteiger partial charge in [-0.25, -0.2) is 0 Å². The Morgan fingerprint density at radius 3 is 2.23 bits per heavy atom. The predicted molar refractivity (Wildman–Crippen MR) is 90.3 cm³/mol. The van der Waals surface area contributed by atoms with Crippen molar-refractivity contribution in [3.8, 4) is 0 Å². The third kappa shape index (κ3) is 3.58. The summed E-state index contributed by atoms with van der Waals surface area (Å²) in [5, 5.41) is 3.33. The van der Waals surface area contributed by atoms with Crippen molar-refractivity contribution in [2.45, 2.75) is 19.6 Å². The summed E-state index contributed by atoms with van der Waals surface area (Å²) in [6.07, 6.45) is 0. The molecule has 2 rings (SSSR count). The van der Waals surface area contributed by atoms with Crippen molar-refractivity contribution < 1.29 is 13.6 Å². The second-order valence-corrected chi connectivity index (χ2v) is 7.51. The van der Waals surface area contributed by atoms with Crippen LogP contribution in [0.2, 0.25) is 0 Å². The summed E-state index contributed by atoms with van der Waals surface area (Å²) in [4.78, 5) is 0. The Balaban J connectivity index is 2.46. The van der Waals surface area contributed by atoms with Crippen LogP contribution < -0.4 is 5.32 Å². The van der Waals surface area contributed by atoms with Gasteiger partial charge in [-0.1, -0.05) is 42.5 Å². The van der Waals surface area contributed by atoms with Crippen LogP contribution in [-0.2, 0) is 13.6 Å². The summed E-state index contributed by atoms with van der Waals surface area (Å²) in [7, 11) is -0.509. The first-order valence-electron chi connectivity index (χ1n) is 7.10. The van der Waals surface area contributed by atoms with Crippen LogP contribution in [-0.4, -0.2) is 14.2 Å². The number of anilines is 1. The lowest BCUT2D eigenvalue weighted by Gasteiger charge is -2.27. The molecule has 2 aromatic carbocycles. The van der Waals surface area contributed by atoms with Crippen LogP contribution in [0.1, 0.15) is 22.5 Å². The van der Waals surface area contributed by atoms with Gasteiger partial charge in [0.2, 0.25) is 0 Å². The van der Waals surface area contributed by atoms with Gasteiger partial charge < -0.3 is 14.4 Å². The van der Waals surface area contributed by atoms with E-state index in [1.165, 1.54) is 14.2 Å². The number of benzene rings is 2. The molecule has 22 heavy (non-hydrogen) atoms. The minimum absolute atomic E-state index is 0.566. The quantitative estimate of drug-likeness (QED) is 0.769. The Hall–Kier alpha value is -1.61. The molecule has 0 saturated heterocycles. The number of aryl methyl sites for hydroxylation is 2. The largest absolute Gasteiger partial charge is 0.368 e. The molecule has 0 heterocycles. The fraction of sp³-hybridized carbons (Fsp3) is 0.294. The van der Waals surface area contributed by atoms with Crippen molar-refractivity contribution >= 4 is 13.3 Å². The number of rotatable bonds is 6. The van der Waals surface area contributed by atoms with Gasteiger partial charge in [-0.15, -0.1) is 0 Å². The first-order valence-corrected chi connectivity index (χ1v) is 8.71. The van der Waals surface area contributed by atoms with Crippen molar-refractivity contribution in [2.24, 2.45) is 0 Å². The molecule has 0 aliphatic heterocycles. The van der Waals surface area contributed by atoms with Crippen LogP contribution in [0.15, 0.2) is 48.5 Å². The van der Waals surface area contributed by atoms with Crippen molar-refractivity contribution in [1.82, 2.24) is 0 Å². The lowest BCUT2D eigenvalue weighted by Crippen LogP contribution is -2.14. The lowest BCUT2D eigenvalue weighted by molar-refractivity contribution is 0.268. The SMILES string of the molecule is COP(=O)(OC)[C@@H](Nc1cc(C)ccc1C)c1ccccc1. The van der Waals surface area contributed by atoms with E-state index < -0.39 is 13.4 Å². The second kappa shape index (κ2) is 7.10. The van der Waals surface area contributed by atoms with E-state index >= 15 is 0 Å². The van der Waals surface area contributed by atoms with Gasteiger partial charge in [-0.3, -0.25) is 4.57 Å². The number of hydrogen-bond acceptors (Lipinski definition) is 4. The zero-order valence-corrected chi connectivity index (χ0v) is 14.3. The Morgan fingerprint density at radius 1 is 1.00 bits per heavy atom. The third-order valence-electron chi connectivity index (χ3n) is 3.63. The normalized spacial score (nSPS) is 12.9. The van der Waals surface area contributed by atoms with E-state index in [0.29, 0.717) is 0 Å². The molecule has 0 amide bonds. The van der Waals surface area contributed by atoms with Gasteiger partial charge in [0.1, 0.15) is 0 Å². The topological polar surface area (TPSA) is 47.6 Å². The molecule has 118 valence electrons. The second-order valence-electron chi connectivity index (χ2n) is 5.18. The monoisotopic (exact) mass is 319 g/mol. The maximum atomic E-state index is 12.9. The number of nitrogens with one attached hydrogen (secondary N) is 1. The van der Waals surface area contributed by atoms with E-state index in [0.717, 1.165) is 22.4 Å². The minimum Gasteiger partial charge on any atom is -0.368 e. The van der Waals surface area contributed by atoms with Crippen molar-refractivity contribution in [3.63, 3.8) is 0 Å². The average Bonchev–Trinajstić information content (AvgIpc) is 2.55. The molecule has 0 radical (unpaired) electrons. The van der Waals surface area contributed by atoms with E-state index in [1.54, 1.807) is 0 Å². The van der Waals surface area contributed by atoms with Gasteiger partial charge in [0, 0.05) is 19.9 Å². The Kier molecular flexibility index (Phi) is 5.41. The molecule has 0 unspecified atom stereocenters. The zero-order valence-electron chi connectivity index (χ0n) is 13.4. The molecule has 0 aromatic heterocycles. The summed E-state index contributed by atoms with van der Waals surface area (Å²) in [6, 6.07) is 15.7. The van der Waals surface area contributed by atoms with Gasteiger partial charge >= 0.3 is 7.60 Å². The van der Waals surface area contributed by atoms with E-state index in [4.69, 9.17) is 9.05 Å². The molecule has 2 aromatic rings. The third-order valence-corrected chi connectivity index (χ3v) is 5.70. The Morgan fingerprint density at radius 2 is 1.64 bits per heavy atom. The highest BCUT2D eigenvalue weighted by atomic mass is 31.2. The van der Waals surface area contributed by atoms with Crippen LogP contribution >= 0.6 is 7.60 Å². The molecule has 5 heteroatoms. The van der Waals surface area contributed by atoms with Gasteiger partial charge in [-0.2, -0.15) is 0 Å².